The van der Waals surface area contributed by atoms with E-state index in [1.54, 1.807) is 24.4 Å². The number of carbonyl (C=O) groups is 2. The molecule has 1 aromatic carbocycles. The minimum Gasteiger partial charge on any atom is -0.459 e. The molecular weight excluding hydrogens is 386 g/mol. The highest BCUT2D eigenvalue weighted by atomic mass is 35.5. The molecule has 0 saturated heterocycles. The van der Waals surface area contributed by atoms with Gasteiger partial charge >= 0.3 is 11.9 Å². The Hall–Kier alpha value is -1.90. The molecule has 0 radical (unpaired) electrons. The Kier molecular flexibility index (Phi) is 6.57. The van der Waals surface area contributed by atoms with Gasteiger partial charge in [-0.1, -0.05) is 17.7 Å². The van der Waals surface area contributed by atoms with Gasteiger partial charge in [-0.15, -0.1) is 11.3 Å². The van der Waals surface area contributed by atoms with Crippen LogP contribution in [0.1, 0.15) is 17.1 Å². The largest absolute Gasteiger partial charge is 0.459 e. The summed E-state index contributed by atoms with van der Waals surface area (Å²) in [6, 6.07) is 9.17. The SMILES string of the molecule is CCOC(=O)C(=O)NC[C@H](c1cccs1)S(=O)(=O)c1ccc(Cl)cc1. The van der Waals surface area contributed by atoms with Gasteiger partial charge in [-0.3, -0.25) is 4.79 Å². The molecule has 0 aliphatic rings. The van der Waals surface area contributed by atoms with Crippen molar-refractivity contribution in [1.82, 2.24) is 5.32 Å². The fraction of sp³-hybridized carbons (Fsp3) is 0.250. The van der Waals surface area contributed by atoms with Crippen molar-refractivity contribution in [3.63, 3.8) is 0 Å². The maximum atomic E-state index is 12.9. The Morgan fingerprint density at radius 2 is 1.92 bits per heavy atom. The molecule has 2 rings (SSSR count). The van der Waals surface area contributed by atoms with Crippen LogP contribution in [0.4, 0.5) is 0 Å². The predicted molar refractivity (Wildman–Crippen MR) is 95.3 cm³/mol. The zero-order chi connectivity index (χ0) is 18.4. The number of carbonyl (C=O) groups excluding carboxylic acids is 2. The molecule has 0 fully saturated rings. The summed E-state index contributed by atoms with van der Waals surface area (Å²) in [5.74, 6) is -2.02. The number of thiophene rings is 1. The van der Waals surface area contributed by atoms with Crippen molar-refractivity contribution in [2.24, 2.45) is 0 Å². The number of amides is 1. The first-order valence-corrected chi connectivity index (χ1v) is 10.1. The molecule has 0 unspecified atom stereocenters. The van der Waals surface area contributed by atoms with E-state index in [0.717, 1.165) is 0 Å². The smallest absolute Gasteiger partial charge is 0.396 e. The van der Waals surface area contributed by atoms with Crippen molar-refractivity contribution in [1.29, 1.82) is 0 Å². The van der Waals surface area contributed by atoms with Crippen molar-refractivity contribution in [3.8, 4) is 0 Å². The number of hydrogen-bond acceptors (Lipinski definition) is 6. The van der Waals surface area contributed by atoms with Gasteiger partial charge in [-0.2, -0.15) is 0 Å². The first-order chi connectivity index (χ1) is 11.9. The summed E-state index contributed by atoms with van der Waals surface area (Å²) >= 11 is 7.06. The molecule has 25 heavy (non-hydrogen) atoms. The fourth-order valence-corrected chi connectivity index (χ4v) is 4.99. The van der Waals surface area contributed by atoms with E-state index in [1.807, 2.05) is 0 Å². The molecule has 1 aromatic heterocycles. The minimum atomic E-state index is -3.79. The quantitative estimate of drug-likeness (QED) is 0.593. The van der Waals surface area contributed by atoms with Crippen molar-refractivity contribution >= 4 is 44.7 Å². The van der Waals surface area contributed by atoms with Crippen LogP contribution in [0.25, 0.3) is 0 Å². The van der Waals surface area contributed by atoms with Crippen molar-refractivity contribution in [2.45, 2.75) is 17.1 Å². The third-order valence-electron chi connectivity index (χ3n) is 3.29. The molecule has 134 valence electrons. The van der Waals surface area contributed by atoms with E-state index in [4.69, 9.17) is 11.6 Å². The Balaban J connectivity index is 2.26. The molecule has 1 atom stereocenters. The van der Waals surface area contributed by atoms with Gasteiger partial charge in [-0.05, 0) is 42.6 Å². The summed E-state index contributed by atoms with van der Waals surface area (Å²) in [6.07, 6.45) is 0. The van der Waals surface area contributed by atoms with Gasteiger partial charge in [0, 0.05) is 16.4 Å². The fourth-order valence-electron chi connectivity index (χ4n) is 2.08. The van der Waals surface area contributed by atoms with Crippen LogP contribution in [-0.2, 0) is 24.2 Å². The maximum absolute atomic E-state index is 12.9. The van der Waals surface area contributed by atoms with E-state index in [9.17, 15) is 18.0 Å². The first-order valence-electron chi connectivity index (χ1n) is 7.34. The lowest BCUT2D eigenvalue weighted by molar-refractivity contribution is -0.154. The third-order valence-corrected chi connectivity index (χ3v) is 6.77. The van der Waals surface area contributed by atoms with Gasteiger partial charge in [0.05, 0.1) is 11.5 Å². The zero-order valence-corrected chi connectivity index (χ0v) is 15.7. The second kappa shape index (κ2) is 8.46. The summed E-state index contributed by atoms with van der Waals surface area (Å²) in [5.41, 5.74) is 0. The van der Waals surface area contributed by atoms with E-state index in [0.29, 0.717) is 9.90 Å². The molecule has 1 N–H and O–H groups in total. The Morgan fingerprint density at radius 1 is 1.24 bits per heavy atom. The number of rotatable bonds is 6. The molecule has 2 aromatic rings. The Morgan fingerprint density at radius 3 is 2.48 bits per heavy atom. The maximum Gasteiger partial charge on any atom is 0.396 e. The average molecular weight is 402 g/mol. The van der Waals surface area contributed by atoms with E-state index >= 15 is 0 Å². The van der Waals surface area contributed by atoms with E-state index in [1.165, 1.54) is 35.6 Å². The summed E-state index contributed by atoms with van der Waals surface area (Å²) in [4.78, 5) is 23.8. The molecule has 0 spiro atoms. The summed E-state index contributed by atoms with van der Waals surface area (Å²) in [7, 11) is -3.79. The molecule has 1 heterocycles. The zero-order valence-electron chi connectivity index (χ0n) is 13.3. The molecule has 1 amide bonds. The van der Waals surface area contributed by atoms with Crippen LogP contribution < -0.4 is 5.32 Å². The van der Waals surface area contributed by atoms with E-state index in [-0.39, 0.29) is 18.0 Å². The van der Waals surface area contributed by atoms with Crippen LogP contribution in [0.3, 0.4) is 0 Å². The van der Waals surface area contributed by atoms with Crippen LogP contribution in [0.15, 0.2) is 46.7 Å². The van der Waals surface area contributed by atoms with Crippen molar-refractivity contribution in [3.05, 3.63) is 51.7 Å². The molecule has 0 bridgehead atoms. The number of nitrogens with one attached hydrogen (secondary N) is 1. The second-order valence-electron chi connectivity index (χ2n) is 4.93. The highest BCUT2D eigenvalue weighted by molar-refractivity contribution is 7.91. The van der Waals surface area contributed by atoms with Crippen molar-refractivity contribution in [2.75, 3.05) is 13.2 Å². The number of ether oxygens (including phenoxy) is 1. The lowest BCUT2D eigenvalue weighted by Crippen LogP contribution is -2.37. The number of sulfone groups is 1. The minimum absolute atomic E-state index is 0.0592. The summed E-state index contributed by atoms with van der Waals surface area (Å²) in [6.45, 7) is 1.39. The van der Waals surface area contributed by atoms with Crippen molar-refractivity contribution < 1.29 is 22.7 Å². The number of halogens is 1. The number of hydrogen-bond donors (Lipinski definition) is 1. The lowest BCUT2D eigenvalue weighted by atomic mass is 10.3. The molecule has 9 heteroatoms. The monoisotopic (exact) mass is 401 g/mol. The first kappa shape index (κ1) is 19.4. The molecule has 0 saturated carbocycles. The number of benzene rings is 1. The van der Waals surface area contributed by atoms with Gasteiger partial charge < -0.3 is 10.1 Å². The summed E-state index contributed by atoms with van der Waals surface area (Å²) < 4.78 is 30.5. The normalized spacial score (nSPS) is 12.4. The molecule has 0 aliphatic carbocycles. The van der Waals surface area contributed by atoms with Crippen LogP contribution in [0.5, 0.6) is 0 Å². The van der Waals surface area contributed by atoms with E-state index in [2.05, 4.69) is 10.1 Å². The molecular formula is C16H16ClNO5S2. The van der Waals surface area contributed by atoms with Gasteiger partial charge in [0.25, 0.3) is 0 Å². The third kappa shape index (κ3) is 4.81. The summed E-state index contributed by atoms with van der Waals surface area (Å²) in [5, 5.41) is 3.47. The highest BCUT2D eigenvalue weighted by Gasteiger charge is 2.31. The van der Waals surface area contributed by atoms with E-state index < -0.39 is 27.0 Å². The van der Waals surface area contributed by atoms with Crippen LogP contribution in [-0.4, -0.2) is 33.4 Å². The molecule has 0 aliphatic heterocycles. The Labute approximate surface area is 154 Å². The van der Waals surface area contributed by atoms with Crippen LogP contribution in [0.2, 0.25) is 5.02 Å². The standard InChI is InChI=1S/C16H16ClNO5S2/c1-2-23-16(20)15(19)18-10-14(13-4-3-9-24-13)25(21,22)12-7-5-11(17)6-8-12/h3-9,14H,2,10H2,1H3,(H,18,19)/t14-/m1/s1. The predicted octanol–water partition coefficient (Wildman–Crippen LogP) is 2.60. The Bertz CT molecular complexity index is 832. The van der Waals surface area contributed by atoms with Gasteiger partial charge in [-0.25, -0.2) is 13.2 Å². The van der Waals surface area contributed by atoms with Gasteiger partial charge in [0.2, 0.25) is 0 Å². The lowest BCUT2D eigenvalue weighted by Gasteiger charge is -2.17. The second-order valence-corrected chi connectivity index (χ2v) is 8.48. The van der Waals surface area contributed by atoms with Gasteiger partial charge in [0.15, 0.2) is 9.84 Å². The topological polar surface area (TPSA) is 89.5 Å². The average Bonchev–Trinajstić information content (AvgIpc) is 3.09. The van der Waals surface area contributed by atoms with Crippen LogP contribution >= 0.6 is 22.9 Å². The molecule has 6 nitrogen and oxygen atoms in total. The highest BCUT2D eigenvalue weighted by Crippen LogP contribution is 2.31. The van der Waals surface area contributed by atoms with Gasteiger partial charge in [0.1, 0.15) is 5.25 Å². The number of esters is 1. The van der Waals surface area contributed by atoms with Crippen LogP contribution in [0, 0.1) is 0 Å².